The molecule has 0 bridgehead atoms. The Morgan fingerprint density at radius 2 is 1.50 bits per heavy atom. The summed E-state index contributed by atoms with van der Waals surface area (Å²) in [6, 6.07) is 15.8. The number of ketones is 1. The van der Waals surface area contributed by atoms with Crippen LogP contribution in [0, 0.1) is 5.82 Å². The molecule has 0 unspecified atom stereocenters. The van der Waals surface area contributed by atoms with Crippen molar-refractivity contribution >= 4 is 23.2 Å². The molecule has 0 radical (unpaired) electrons. The van der Waals surface area contributed by atoms with E-state index in [0.717, 1.165) is 17.7 Å². The van der Waals surface area contributed by atoms with Crippen molar-refractivity contribution in [2.75, 3.05) is 13.2 Å². The second kappa shape index (κ2) is 9.66. The molecule has 2 heterocycles. The molecular weight excluding hydrogens is 439 g/mol. The number of nitrogens with zero attached hydrogens (tertiary/aromatic N) is 2. The summed E-state index contributed by atoms with van der Waals surface area (Å²) in [7, 11) is 0. The average molecular weight is 460 g/mol. The smallest absolute Gasteiger partial charge is 0.341 e. The number of carbonyl (C=O) groups is 3. The van der Waals surface area contributed by atoms with Crippen LogP contribution in [-0.2, 0) is 9.47 Å². The first kappa shape index (κ1) is 22.8. The van der Waals surface area contributed by atoms with Crippen LogP contribution in [0.3, 0.4) is 0 Å². The van der Waals surface area contributed by atoms with Gasteiger partial charge in [0.2, 0.25) is 5.78 Å². The number of fused-ring (bicyclic) bond motifs is 1. The van der Waals surface area contributed by atoms with Gasteiger partial charge in [-0.15, -0.1) is 0 Å². The van der Waals surface area contributed by atoms with Crippen LogP contribution in [0.5, 0.6) is 0 Å². The topological polar surface area (TPSA) is 87.0 Å². The van der Waals surface area contributed by atoms with Gasteiger partial charge in [-0.05, 0) is 44.2 Å². The van der Waals surface area contributed by atoms with E-state index in [2.05, 4.69) is 4.98 Å². The molecule has 0 saturated heterocycles. The van der Waals surface area contributed by atoms with Gasteiger partial charge < -0.3 is 9.47 Å². The lowest BCUT2D eigenvalue weighted by Crippen LogP contribution is -2.16. The highest BCUT2D eigenvalue weighted by atomic mass is 19.1. The lowest BCUT2D eigenvalue weighted by atomic mass is 10.0. The van der Waals surface area contributed by atoms with Gasteiger partial charge >= 0.3 is 11.9 Å². The van der Waals surface area contributed by atoms with E-state index in [1.54, 1.807) is 19.9 Å². The fourth-order valence-electron chi connectivity index (χ4n) is 3.70. The van der Waals surface area contributed by atoms with Gasteiger partial charge in [0.15, 0.2) is 0 Å². The molecule has 0 aliphatic rings. The van der Waals surface area contributed by atoms with Gasteiger partial charge in [0.25, 0.3) is 0 Å². The molecule has 7 nitrogen and oxygen atoms in total. The normalized spacial score (nSPS) is 10.8. The van der Waals surface area contributed by atoms with Crippen LogP contribution in [-0.4, -0.2) is 40.3 Å². The minimum absolute atomic E-state index is 0.0327. The Labute approximate surface area is 194 Å². The third kappa shape index (κ3) is 4.17. The zero-order valence-electron chi connectivity index (χ0n) is 18.6. The molecular formula is C26H21FN2O5. The zero-order chi connectivity index (χ0) is 24.2. The van der Waals surface area contributed by atoms with Crippen molar-refractivity contribution < 1.29 is 28.2 Å². The lowest BCUT2D eigenvalue weighted by molar-refractivity contribution is 0.0480. The van der Waals surface area contributed by atoms with Crippen molar-refractivity contribution in [1.82, 2.24) is 9.38 Å². The molecule has 172 valence electrons. The number of benzene rings is 2. The fraction of sp³-hybridized carbons (Fsp3) is 0.154. The van der Waals surface area contributed by atoms with E-state index in [1.807, 2.05) is 30.3 Å². The van der Waals surface area contributed by atoms with Crippen LogP contribution in [0.4, 0.5) is 4.39 Å². The number of hydrogen-bond donors (Lipinski definition) is 0. The Morgan fingerprint density at radius 1 is 0.882 bits per heavy atom. The van der Waals surface area contributed by atoms with Crippen LogP contribution < -0.4 is 0 Å². The molecule has 0 spiro atoms. The Kier molecular flexibility index (Phi) is 6.49. The van der Waals surface area contributed by atoms with E-state index in [9.17, 15) is 18.8 Å². The Morgan fingerprint density at radius 3 is 2.12 bits per heavy atom. The number of aromatic nitrogens is 2. The van der Waals surface area contributed by atoms with Gasteiger partial charge in [-0.3, -0.25) is 9.20 Å². The molecule has 0 aliphatic carbocycles. The number of rotatable bonds is 7. The van der Waals surface area contributed by atoms with Crippen molar-refractivity contribution in [3.05, 3.63) is 95.2 Å². The lowest BCUT2D eigenvalue weighted by Gasteiger charge is -2.07. The molecule has 34 heavy (non-hydrogen) atoms. The standard InChI is InChI=1S/C26H21FN2O5/c1-3-33-25(31)21-20-14-19(16-8-6-5-7-9-16)28-15-29(20)23(22(21)26(32)34-4-2)24(30)17-10-12-18(27)13-11-17/h5-15H,3-4H2,1-2H3. The van der Waals surface area contributed by atoms with Crippen molar-refractivity contribution in [2.45, 2.75) is 13.8 Å². The zero-order valence-corrected chi connectivity index (χ0v) is 18.6. The molecule has 0 saturated carbocycles. The predicted octanol–water partition coefficient (Wildman–Crippen LogP) is 4.72. The van der Waals surface area contributed by atoms with E-state index in [-0.39, 0.29) is 41.1 Å². The van der Waals surface area contributed by atoms with Crippen LogP contribution >= 0.6 is 0 Å². The fourth-order valence-corrected chi connectivity index (χ4v) is 3.70. The van der Waals surface area contributed by atoms with Gasteiger partial charge in [0.1, 0.15) is 29.0 Å². The maximum atomic E-state index is 13.5. The first-order chi connectivity index (χ1) is 16.5. The number of esters is 2. The van der Waals surface area contributed by atoms with Gasteiger partial charge in [-0.1, -0.05) is 30.3 Å². The van der Waals surface area contributed by atoms with Gasteiger partial charge in [0.05, 0.1) is 24.4 Å². The molecule has 4 rings (SSSR count). The number of halogens is 1. The third-order valence-electron chi connectivity index (χ3n) is 5.18. The quantitative estimate of drug-likeness (QED) is 0.293. The summed E-state index contributed by atoms with van der Waals surface area (Å²) >= 11 is 0. The minimum atomic E-state index is -0.846. The number of carbonyl (C=O) groups excluding carboxylic acids is 3. The van der Waals surface area contributed by atoms with E-state index in [1.165, 1.54) is 22.9 Å². The summed E-state index contributed by atoms with van der Waals surface area (Å²) in [6.45, 7) is 3.36. The predicted molar refractivity (Wildman–Crippen MR) is 122 cm³/mol. The van der Waals surface area contributed by atoms with Crippen LogP contribution in [0.15, 0.2) is 67.0 Å². The van der Waals surface area contributed by atoms with Crippen molar-refractivity contribution in [1.29, 1.82) is 0 Å². The van der Waals surface area contributed by atoms with E-state index in [4.69, 9.17) is 9.47 Å². The van der Waals surface area contributed by atoms with Crippen LogP contribution in [0.25, 0.3) is 16.8 Å². The molecule has 2 aromatic heterocycles. The van der Waals surface area contributed by atoms with Crippen molar-refractivity contribution in [3.63, 3.8) is 0 Å². The van der Waals surface area contributed by atoms with Crippen LogP contribution in [0.1, 0.15) is 50.6 Å². The maximum absolute atomic E-state index is 13.5. The van der Waals surface area contributed by atoms with Gasteiger partial charge in [-0.2, -0.15) is 0 Å². The third-order valence-corrected chi connectivity index (χ3v) is 5.18. The largest absolute Gasteiger partial charge is 0.462 e. The highest BCUT2D eigenvalue weighted by molar-refractivity contribution is 6.20. The Hall–Kier alpha value is -4.33. The first-order valence-electron chi connectivity index (χ1n) is 10.7. The van der Waals surface area contributed by atoms with E-state index >= 15 is 0 Å². The van der Waals surface area contributed by atoms with E-state index in [0.29, 0.717) is 5.69 Å². The van der Waals surface area contributed by atoms with Crippen molar-refractivity contribution in [3.8, 4) is 11.3 Å². The molecule has 0 amide bonds. The van der Waals surface area contributed by atoms with Gasteiger partial charge in [-0.25, -0.2) is 19.0 Å². The second-order valence-electron chi connectivity index (χ2n) is 7.27. The number of ether oxygens (including phenoxy) is 2. The summed E-state index contributed by atoms with van der Waals surface area (Å²) in [5.41, 5.74) is 1.29. The van der Waals surface area contributed by atoms with Gasteiger partial charge in [0, 0.05) is 11.1 Å². The summed E-state index contributed by atoms with van der Waals surface area (Å²) in [5.74, 6) is -2.72. The molecule has 8 heteroatoms. The van der Waals surface area contributed by atoms with Crippen LogP contribution in [0.2, 0.25) is 0 Å². The van der Waals surface area contributed by atoms with Crippen molar-refractivity contribution in [2.24, 2.45) is 0 Å². The summed E-state index contributed by atoms with van der Waals surface area (Å²) in [6.07, 6.45) is 1.37. The molecule has 2 aromatic carbocycles. The summed E-state index contributed by atoms with van der Waals surface area (Å²) in [5, 5.41) is 0. The summed E-state index contributed by atoms with van der Waals surface area (Å²) < 4.78 is 25.2. The second-order valence-corrected chi connectivity index (χ2v) is 7.27. The first-order valence-corrected chi connectivity index (χ1v) is 10.7. The highest BCUT2D eigenvalue weighted by Gasteiger charge is 2.34. The molecule has 0 N–H and O–H groups in total. The Bertz CT molecular complexity index is 1380. The molecule has 0 fully saturated rings. The number of hydrogen-bond acceptors (Lipinski definition) is 6. The molecule has 0 aliphatic heterocycles. The minimum Gasteiger partial charge on any atom is -0.462 e. The monoisotopic (exact) mass is 460 g/mol. The highest BCUT2D eigenvalue weighted by Crippen LogP contribution is 2.30. The maximum Gasteiger partial charge on any atom is 0.341 e. The molecule has 0 atom stereocenters. The molecule has 4 aromatic rings. The SMILES string of the molecule is CCOC(=O)c1c(C(=O)OCC)c2cc(-c3ccccc3)ncn2c1C(=O)c1ccc(F)cc1. The average Bonchev–Trinajstić information content (AvgIpc) is 3.19. The van der Waals surface area contributed by atoms with E-state index < -0.39 is 23.5 Å². The Balaban J connectivity index is 2.04. The summed E-state index contributed by atoms with van der Waals surface area (Å²) in [4.78, 5) is 44.0.